The summed E-state index contributed by atoms with van der Waals surface area (Å²) >= 11 is 0. The van der Waals surface area contributed by atoms with Gasteiger partial charge in [0.05, 0.1) is 5.41 Å². The van der Waals surface area contributed by atoms with E-state index in [1.807, 2.05) is 54.6 Å². The SMILES string of the molecule is C=CC1=C(/C=C\C)C2(c3cc(-c4ccc(-c5ccc6oc7cccc(-c8nc(-c9cccc(-c%10ccccc%10)c9)nc(-c9cccc%10oc%11ccccc%11c9%10)n8)c7c6c5)cc4)ccc31)c1ccccc1-c1ccccc12. The molecule has 0 fully saturated rings. The molecule has 5 heteroatoms. The van der Waals surface area contributed by atoms with Gasteiger partial charge in [-0.05, 0) is 127 Å². The zero-order chi connectivity index (χ0) is 50.5. The van der Waals surface area contributed by atoms with Crippen LogP contribution >= 0.6 is 0 Å². The zero-order valence-electron chi connectivity index (χ0n) is 41.5. The summed E-state index contributed by atoms with van der Waals surface area (Å²) in [5.41, 5.74) is 22.1. The molecule has 1 spiro atoms. The van der Waals surface area contributed by atoms with E-state index in [0.717, 1.165) is 93.9 Å². The average Bonchev–Trinajstić information content (AvgIpc) is 4.42. The summed E-state index contributed by atoms with van der Waals surface area (Å²) in [6, 6.07) is 79.4. The van der Waals surface area contributed by atoms with Crippen LogP contribution in [0.25, 0.3) is 128 Å². The summed E-state index contributed by atoms with van der Waals surface area (Å²) in [5, 5.41) is 3.89. The highest BCUT2D eigenvalue weighted by atomic mass is 16.3. The normalized spacial score (nSPS) is 13.4. The molecule has 0 aliphatic heterocycles. The van der Waals surface area contributed by atoms with Crippen LogP contribution in [-0.4, -0.2) is 15.0 Å². The molecule has 5 nitrogen and oxygen atoms in total. The van der Waals surface area contributed by atoms with E-state index in [9.17, 15) is 0 Å². The minimum absolute atomic E-state index is 0.462. The molecule has 0 unspecified atom stereocenters. The van der Waals surface area contributed by atoms with Gasteiger partial charge < -0.3 is 8.83 Å². The molecule has 2 aliphatic rings. The molecular weight excluding hydrogens is 927 g/mol. The van der Waals surface area contributed by atoms with E-state index in [0.29, 0.717) is 17.5 Å². The largest absolute Gasteiger partial charge is 0.456 e. The molecule has 0 saturated carbocycles. The second-order valence-corrected chi connectivity index (χ2v) is 19.7. The Kier molecular flexibility index (Phi) is 9.78. The molecule has 0 atom stereocenters. The topological polar surface area (TPSA) is 65.0 Å². The van der Waals surface area contributed by atoms with E-state index < -0.39 is 5.41 Å². The molecule has 0 amide bonds. The number of hydrogen-bond donors (Lipinski definition) is 0. The fourth-order valence-electron chi connectivity index (χ4n) is 12.4. The predicted octanol–water partition coefficient (Wildman–Crippen LogP) is 18.5. The van der Waals surface area contributed by atoms with Crippen LogP contribution in [0.4, 0.5) is 0 Å². The van der Waals surface area contributed by atoms with Crippen molar-refractivity contribution in [2.24, 2.45) is 0 Å². The molecule has 0 saturated heterocycles. The van der Waals surface area contributed by atoms with Crippen LogP contribution in [0, 0.1) is 0 Å². The van der Waals surface area contributed by atoms with Crippen molar-refractivity contribution < 1.29 is 8.83 Å². The number of rotatable bonds is 8. The van der Waals surface area contributed by atoms with Crippen molar-refractivity contribution in [2.75, 3.05) is 0 Å². The molecule has 3 heterocycles. The van der Waals surface area contributed by atoms with E-state index >= 15 is 0 Å². The summed E-state index contributed by atoms with van der Waals surface area (Å²) in [6.07, 6.45) is 6.50. The minimum atomic E-state index is -0.462. The molecule has 0 radical (unpaired) electrons. The highest BCUT2D eigenvalue weighted by molar-refractivity contribution is 6.14. The number of hydrogen-bond acceptors (Lipinski definition) is 5. The van der Waals surface area contributed by atoms with E-state index in [1.54, 1.807) is 0 Å². The maximum absolute atomic E-state index is 6.63. The zero-order valence-corrected chi connectivity index (χ0v) is 41.5. The lowest BCUT2D eigenvalue weighted by atomic mass is 9.69. The fraction of sp³-hybridized carbons (Fsp3) is 0.0282. The van der Waals surface area contributed by atoms with Gasteiger partial charge in [-0.3, -0.25) is 0 Å². The van der Waals surface area contributed by atoms with E-state index in [2.05, 4.69) is 202 Å². The standard InChI is InChI=1S/C71H45N3O2/c1-3-17-58-50(4-2)53-38-36-48(42-61(53)71(58)59-27-11-8-22-51(59)52-23-9-12-28-60(52)71)45-34-32-44(33-35-45)47-37-39-63-57(41-47)67-56(26-16-31-65(67)76-63)70-73-68(49-21-14-20-46(40-49)43-18-6-5-7-19-43)72-69(74-70)55-25-15-30-64-66(55)54-24-10-13-29-62(54)75-64/h3-42H,2H2,1H3/b17-3-. The van der Waals surface area contributed by atoms with Crippen LogP contribution in [0.3, 0.4) is 0 Å². The Balaban J connectivity index is 0.849. The number of furan rings is 2. The highest BCUT2D eigenvalue weighted by Crippen LogP contribution is 2.62. The van der Waals surface area contributed by atoms with Gasteiger partial charge in [0.2, 0.25) is 0 Å². The van der Waals surface area contributed by atoms with Crippen molar-refractivity contribution in [3.8, 4) is 78.7 Å². The molecule has 15 rings (SSSR count). The molecule has 3 aromatic heterocycles. The van der Waals surface area contributed by atoms with E-state index in [1.165, 1.54) is 44.5 Å². The first-order valence-corrected chi connectivity index (χ1v) is 25.8. The molecule has 0 bridgehead atoms. The summed E-state index contributed by atoms with van der Waals surface area (Å²) in [7, 11) is 0. The van der Waals surface area contributed by atoms with Gasteiger partial charge in [-0.2, -0.15) is 0 Å². The Morgan fingerprint density at radius 3 is 1.54 bits per heavy atom. The lowest BCUT2D eigenvalue weighted by molar-refractivity contribution is 0.668. The van der Waals surface area contributed by atoms with E-state index in [-0.39, 0.29) is 0 Å². The van der Waals surface area contributed by atoms with Gasteiger partial charge in [-0.25, -0.2) is 15.0 Å². The lowest BCUT2D eigenvalue weighted by Crippen LogP contribution is -2.26. The van der Waals surface area contributed by atoms with E-state index in [4.69, 9.17) is 23.8 Å². The first kappa shape index (κ1) is 43.6. The molecular formula is C71H45N3O2. The van der Waals surface area contributed by atoms with Gasteiger partial charge in [0, 0.05) is 38.2 Å². The number of allylic oxidation sites excluding steroid dienone is 5. The van der Waals surface area contributed by atoms with Crippen molar-refractivity contribution in [1.82, 2.24) is 15.0 Å². The maximum atomic E-state index is 6.63. The third kappa shape index (κ3) is 6.49. The predicted molar refractivity (Wildman–Crippen MR) is 311 cm³/mol. The highest BCUT2D eigenvalue weighted by Gasteiger charge is 2.51. The second kappa shape index (κ2) is 17.1. The number of benzene rings is 10. The van der Waals surface area contributed by atoms with Crippen molar-refractivity contribution in [3.63, 3.8) is 0 Å². The van der Waals surface area contributed by atoms with Crippen LogP contribution < -0.4 is 0 Å². The minimum Gasteiger partial charge on any atom is -0.456 e. The quantitative estimate of drug-likeness (QED) is 0.152. The summed E-state index contributed by atoms with van der Waals surface area (Å²) in [4.78, 5) is 15.9. The number of nitrogens with zero attached hydrogens (tertiary/aromatic N) is 3. The van der Waals surface area contributed by atoms with Crippen LogP contribution in [0.2, 0.25) is 0 Å². The van der Waals surface area contributed by atoms with Crippen LogP contribution in [0.1, 0.15) is 29.2 Å². The van der Waals surface area contributed by atoms with Crippen LogP contribution in [0.15, 0.2) is 264 Å². The van der Waals surface area contributed by atoms with Gasteiger partial charge in [-0.1, -0.05) is 207 Å². The lowest BCUT2D eigenvalue weighted by Gasteiger charge is -2.32. The molecule has 0 N–H and O–H groups in total. The van der Waals surface area contributed by atoms with Crippen molar-refractivity contribution in [1.29, 1.82) is 0 Å². The smallest absolute Gasteiger partial charge is 0.164 e. The van der Waals surface area contributed by atoms with Crippen molar-refractivity contribution in [3.05, 3.63) is 277 Å². The monoisotopic (exact) mass is 971 g/mol. The van der Waals surface area contributed by atoms with Gasteiger partial charge in [0.1, 0.15) is 22.3 Å². The molecule has 13 aromatic rings. The maximum Gasteiger partial charge on any atom is 0.164 e. The van der Waals surface area contributed by atoms with Crippen LogP contribution in [0.5, 0.6) is 0 Å². The second-order valence-electron chi connectivity index (χ2n) is 19.7. The summed E-state index contributed by atoms with van der Waals surface area (Å²) in [5.74, 6) is 1.67. The number of para-hydroxylation sites is 1. The van der Waals surface area contributed by atoms with Crippen molar-refractivity contribution >= 4 is 49.5 Å². The third-order valence-corrected chi connectivity index (χ3v) is 15.7. The first-order chi connectivity index (χ1) is 37.6. The number of fused-ring (bicyclic) bond motifs is 13. The van der Waals surface area contributed by atoms with Gasteiger partial charge in [-0.15, -0.1) is 0 Å². The average molecular weight is 972 g/mol. The first-order valence-electron chi connectivity index (χ1n) is 25.8. The summed E-state index contributed by atoms with van der Waals surface area (Å²) < 4.78 is 13.0. The van der Waals surface area contributed by atoms with Gasteiger partial charge in [0.25, 0.3) is 0 Å². The van der Waals surface area contributed by atoms with Crippen LogP contribution in [-0.2, 0) is 5.41 Å². The Morgan fingerprint density at radius 1 is 0.368 bits per heavy atom. The van der Waals surface area contributed by atoms with Gasteiger partial charge >= 0.3 is 0 Å². The number of aromatic nitrogens is 3. The van der Waals surface area contributed by atoms with Gasteiger partial charge in [0.15, 0.2) is 17.5 Å². The molecule has 2 aliphatic carbocycles. The molecule has 356 valence electrons. The Morgan fingerprint density at radius 2 is 0.855 bits per heavy atom. The third-order valence-electron chi connectivity index (χ3n) is 15.7. The van der Waals surface area contributed by atoms with Crippen molar-refractivity contribution in [2.45, 2.75) is 12.3 Å². The summed E-state index contributed by atoms with van der Waals surface area (Å²) in [6.45, 7) is 6.47. The Bertz CT molecular complexity index is 4560. The molecule has 10 aromatic carbocycles. The Hall–Kier alpha value is -9.97. The Labute approximate surface area is 439 Å². The fourth-order valence-corrected chi connectivity index (χ4v) is 12.4. The molecule has 76 heavy (non-hydrogen) atoms.